The van der Waals surface area contributed by atoms with Crippen LogP contribution in [0.5, 0.6) is 0 Å². The summed E-state index contributed by atoms with van der Waals surface area (Å²) < 4.78 is 13.2. The van der Waals surface area contributed by atoms with Crippen LogP contribution in [0.3, 0.4) is 0 Å². The van der Waals surface area contributed by atoms with Gasteiger partial charge in [0.1, 0.15) is 0 Å². The third kappa shape index (κ3) is 3.83. The van der Waals surface area contributed by atoms with Gasteiger partial charge in [-0.15, -0.1) is 0 Å². The third-order valence-corrected chi connectivity index (χ3v) is 4.28. The highest BCUT2D eigenvalue weighted by molar-refractivity contribution is 7.84. The Labute approximate surface area is 112 Å². The molecule has 0 aromatic carbocycles. The second kappa shape index (κ2) is 6.36. The minimum absolute atomic E-state index is 0.589. The van der Waals surface area contributed by atoms with Crippen molar-refractivity contribution in [1.82, 2.24) is 9.55 Å². The molecule has 0 radical (unpaired) electrons. The van der Waals surface area contributed by atoms with Crippen LogP contribution >= 0.6 is 0 Å². The molecule has 1 aliphatic carbocycles. The van der Waals surface area contributed by atoms with Crippen LogP contribution in [0.2, 0.25) is 0 Å². The summed E-state index contributed by atoms with van der Waals surface area (Å²) in [6.07, 6.45) is 9.94. The lowest BCUT2D eigenvalue weighted by Gasteiger charge is -2.14. The van der Waals surface area contributed by atoms with Crippen molar-refractivity contribution in [2.75, 3.05) is 17.3 Å². The number of hydrogen-bond donors (Lipinski definition) is 1. The Hall–Kier alpha value is -0.840. The van der Waals surface area contributed by atoms with Gasteiger partial charge in [0.25, 0.3) is 0 Å². The van der Waals surface area contributed by atoms with Crippen molar-refractivity contribution < 1.29 is 4.21 Å². The Bertz CT molecular complexity index is 410. The van der Waals surface area contributed by atoms with Crippen molar-refractivity contribution in [3.8, 4) is 0 Å². The predicted octanol–water partition coefficient (Wildman–Crippen LogP) is 2.31. The maximum atomic E-state index is 11.1. The van der Waals surface area contributed by atoms with E-state index in [-0.39, 0.29) is 0 Å². The van der Waals surface area contributed by atoms with Crippen molar-refractivity contribution in [3.05, 3.63) is 11.9 Å². The van der Waals surface area contributed by atoms with E-state index < -0.39 is 10.8 Å². The Morgan fingerprint density at radius 3 is 2.89 bits per heavy atom. The summed E-state index contributed by atoms with van der Waals surface area (Å²) in [5.41, 5.74) is 1.05. The van der Waals surface area contributed by atoms with E-state index in [1.165, 1.54) is 25.7 Å². The Balaban J connectivity index is 1.93. The average molecular weight is 269 g/mol. The van der Waals surface area contributed by atoms with Gasteiger partial charge in [-0.25, -0.2) is 4.98 Å². The zero-order valence-electron chi connectivity index (χ0n) is 11.3. The molecule has 1 fully saturated rings. The molecule has 5 heteroatoms. The molecule has 1 aromatic heterocycles. The van der Waals surface area contributed by atoms with E-state index in [0.29, 0.717) is 6.04 Å². The molecule has 102 valence electrons. The van der Waals surface area contributed by atoms with Gasteiger partial charge in [-0.3, -0.25) is 4.21 Å². The lowest BCUT2D eigenvalue weighted by atomic mass is 10.2. The molecule has 1 aliphatic rings. The van der Waals surface area contributed by atoms with Gasteiger partial charge >= 0.3 is 0 Å². The Morgan fingerprint density at radius 2 is 2.22 bits per heavy atom. The molecule has 1 unspecified atom stereocenters. The highest BCUT2D eigenvalue weighted by Crippen LogP contribution is 2.22. The molecule has 1 saturated carbocycles. The summed E-state index contributed by atoms with van der Waals surface area (Å²) in [6.45, 7) is 2.92. The largest absolute Gasteiger partial charge is 0.353 e. The van der Waals surface area contributed by atoms with Crippen LogP contribution in [0.25, 0.3) is 0 Å². The summed E-state index contributed by atoms with van der Waals surface area (Å²) in [7, 11) is -0.697. The van der Waals surface area contributed by atoms with Gasteiger partial charge < -0.3 is 9.88 Å². The first-order valence-corrected chi connectivity index (χ1v) is 8.48. The van der Waals surface area contributed by atoms with E-state index in [9.17, 15) is 4.21 Å². The van der Waals surface area contributed by atoms with E-state index in [0.717, 1.165) is 30.4 Å². The number of anilines is 1. The number of aryl methyl sites for hydroxylation is 2. The average Bonchev–Trinajstić information content (AvgIpc) is 2.89. The molecule has 0 saturated heterocycles. The summed E-state index contributed by atoms with van der Waals surface area (Å²) in [4.78, 5) is 4.55. The van der Waals surface area contributed by atoms with Gasteiger partial charge in [-0.05, 0) is 26.2 Å². The highest BCUT2D eigenvalue weighted by atomic mass is 32.2. The van der Waals surface area contributed by atoms with Crippen LogP contribution in [-0.4, -0.2) is 31.8 Å². The van der Waals surface area contributed by atoms with Crippen molar-refractivity contribution in [3.63, 3.8) is 0 Å². The third-order valence-electron chi connectivity index (χ3n) is 3.42. The van der Waals surface area contributed by atoms with Gasteiger partial charge in [0, 0.05) is 41.6 Å². The molecule has 18 heavy (non-hydrogen) atoms. The van der Waals surface area contributed by atoms with Crippen molar-refractivity contribution in [1.29, 1.82) is 0 Å². The normalized spacial score (nSPS) is 18.1. The second-order valence-corrected chi connectivity index (χ2v) is 6.71. The molecule has 4 nitrogen and oxygen atoms in total. The van der Waals surface area contributed by atoms with Gasteiger partial charge in [-0.2, -0.15) is 0 Å². The highest BCUT2D eigenvalue weighted by Gasteiger charge is 2.17. The predicted molar refractivity (Wildman–Crippen MR) is 76.4 cm³/mol. The number of nitrogens with one attached hydrogen (secondary N) is 1. The van der Waals surface area contributed by atoms with Gasteiger partial charge in [0.2, 0.25) is 5.95 Å². The quantitative estimate of drug-likeness (QED) is 0.862. The smallest absolute Gasteiger partial charge is 0.203 e. The molecule has 0 spiro atoms. The SMILES string of the molecule is Cc1cn(CCCS(C)=O)c(NC2CCCC2)n1. The standard InChI is InChI=1S/C13H23N3OS/c1-11-10-16(8-5-9-18(2)17)13(14-11)15-12-6-3-4-7-12/h10,12H,3-9H2,1-2H3,(H,14,15). The number of nitrogens with zero attached hydrogens (tertiary/aromatic N) is 2. The molecule has 0 aliphatic heterocycles. The van der Waals surface area contributed by atoms with Crippen LogP contribution in [0.1, 0.15) is 37.8 Å². The van der Waals surface area contributed by atoms with Gasteiger partial charge in [0.05, 0.1) is 5.69 Å². The van der Waals surface area contributed by atoms with E-state index in [1.807, 2.05) is 6.92 Å². The first-order chi connectivity index (χ1) is 8.65. The number of rotatable bonds is 6. The maximum absolute atomic E-state index is 11.1. The molecule has 1 aromatic rings. The summed E-state index contributed by atoms with van der Waals surface area (Å²) in [5, 5.41) is 3.54. The van der Waals surface area contributed by atoms with Gasteiger partial charge in [0.15, 0.2) is 0 Å². The fourth-order valence-corrected chi connectivity index (χ4v) is 3.06. The maximum Gasteiger partial charge on any atom is 0.203 e. The first-order valence-electron chi connectivity index (χ1n) is 6.75. The van der Waals surface area contributed by atoms with Crippen molar-refractivity contribution in [2.45, 2.75) is 51.6 Å². The van der Waals surface area contributed by atoms with Crippen LogP contribution in [0.4, 0.5) is 5.95 Å². The zero-order valence-corrected chi connectivity index (χ0v) is 12.1. The fraction of sp³-hybridized carbons (Fsp3) is 0.769. The second-order valence-electron chi connectivity index (χ2n) is 5.16. The Morgan fingerprint density at radius 1 is 1.50 bits per heavy atom. The lowest BCUT2D eigenvalue weighted by molar-refractivity contribution is 0.652. The summed E-state index contributed by atoms with van der Waals surface area (Å²) >= 11 is 0. The molecule has 0 bridgehead atoms. The van der Waals surface area contributed by atoms with Gasteiger partial charge in [-0.1, -0.05) is 12.8 Å². The lowest BCUT2D eigenvalue weighted by Crippen LogP contribution is -2.18. The molecular formula is C13H23N3OS. The van der Waals surface area contributed by atoms with E-state index in [2.05, 4.69) is 21.1 Å². The monoisotopic (exact) mass is 269 g/mol. The molecule has 1 heterocycles. The number of imidazole rings is 1. The van der Waals surface area contributed by atoms with Crippen molar-refractivity contribution >= 4 is 16.7 Å². The first kappa shape index (κ1) is 13.6. The van der Waals surface area contributed by atoms with E-state index >= 15 is 0 Å². The van der Waals surface area contributed by atoms with Crippen LogP contribution < -0.4 is 5.32 Å². The molecule has 1 atom stereocenters. The topological polar surface area (TPSA) is 46.9 Å². The molecule has 2 rings (SSSR count). The zero-order chi connectivity index (χ0) is 13.0. The number of hydrogen-bond acceptors (Lipinski definition) is 3. The molecule has 1 N–H and O–H groups in total. The van der Waals surface area contributed by atoms with E-state index in [1.54, 1.807) is 6.26 Å². The fourth-order valence-electron chi connectivity index (χ4n) is 2.52. The number of aromatic nitrogens is 2. The minimum Gasteiger partial charge on any atom is -0.353 e. The summed E-state index contributed by atoms with van der Waals surface area (Å²) in [6, 6.07) is 0.589. The van der Waals surface area contributed by atoms with Crippen LogP contribution in [0, 0.1) is 6.92 Å². The van der Waals surface area contributed by atoms with Crippen molar-refractivity contribution in [2.24, 2.45) is 0 Å². The molecule has 0 amide bonds. The Kier molecular flexibility index (Phi) is 4.80. The summed E-state index contributed by atoms with van der Waals surface area (Å²) in [5.74, 6) is 1.75. The van der Waals surface area contributed by atoms with E-state index in [4.69, 9.17) is 0 Å². The van der Waals surface area contributed by atoms with Crippen LogP contribution in [-0.2, 0) is 17.3 Å². The minimum atomic E-state index is -0.697. The molecular weight excluding hydrogens is 246 g/mol. The van der Waals surface area contributed by atoms with Crippen LogP contribution in [0.15, 0.2) is 6.20 Å².